The van der Waals surface area contributed by atoms with Crippen LogP contribution in [0.5, 0.6) is 0 Å². The second kappa shape index (κ2) is 14.0. The Morgan fingerprint density at radius 1 is 0.972 bits per heavy atom. The standard InChI is InChI=1S/C29H40N2O5/c1-3-10-23(19-27(33)30-16-8-14-25(30)20-32)28(34)31-17-9-15-26(31)21-36-29(35)24(11-4-2)18-22-12-6-5-7-13-22/h3-7,12-13,23-26,32H,1-2,8-11,14-21H2/t23-,24+,25-,26-/m0/s1. The van der Waals surface area contributed by atoms with E-state index in [0.717, 1.165) is 31.2 Å². The van der Waals surface area contributed by atoms with Crippen molar-refractivity contribution in [1.29, 1.82) is 0 Å². The first-order chi connectivity index (χ1) is 17.5. The van der Waals surface area contributed by atoms with Gasteiger partial charge >= 0.3 is 5.97 Å². The van der Waals surface area contributed by atoms with Crippen LogP contribution in [0, 0.1) is 11.8 Å². The molecule has 0 aromatic heterocycles. The van der Waals surface area contributed by atoms with Crippen LogP contribution in [-0.4, -0.2) is 71.1 Å². The molecule has 0 spiro atoms. The highest BCUT2D eigenvalue weighted by molar-refractivity contribution is 5.86. The molecule has 1 aromatic carbocycles. The van der Waals surface area contributed by atoms with Crippen molar-refractivity contribution in [2.24, 2.45) is 11.8 Å². The van der Waals surface area contributed by atoms with Gasteiger partial charge in [0, 0.05) is 19.5 Å². The Morgan fingerprint density at radius 3 is 2.28 bits per heavy atom. The van der Waals surface area contributed by atoms with Gasteiger partial charge in [-0.3, -0.25) is 14.4 Å². The molecule has 196 valence electrons. The van der Waals surface area contributed by atoms with Crippen molar-refractivity contribution in [2.45, 2.75) is 63.5 Å². The number of allylic oxidation sites excluding steroid dienone is 2. The Bertz CT molecular complexity index is 902. The van der Waals surface area contributed by atoms with E-state index in [2.05, 4.69) is 13.2 Å². The zero-order valence-corrected chi connectivity index (χ0v) is 21.2. The number of amides is 2. The van der Waals surface area contributed by atoms with E-state index in [4.69, 9.17) is 4.74 Å². The maximum absolute atomic E-state index is 13.5. The molecule has 2 saturated heterocycles. The SMILES string of the molecule is C=CC[C@H](Cc1ccccc1)C(=O)OC[C@@H]1CCCN1C(=O)[C@@H](CC=C)CC(=O)N1CCC[C@H]1CO. The summed E-state index contributed by atoms with van der Waals surface area (Å²) >= 11 is 0. The van der Waals surface area contributed by atoms with Gasteiger partial charge in [-0.05, 0) is 50.5 Å². The number of carbonyl (C=O) groups is 3. The van der Waals surface area contributed by atoms with Crippen molar-refractivity contribution in [2.75, 3.05) is 26.3 Å². The summed E-state index contributed by atoms with van der Waals surface area (Å²) in [6.07, 6.45) is 8.28. The van der Waals surface area contributed by atoms with Crippen molar-refractivity contribution in [3.05, 3.63) is 61.2 Å². The number of esters is 1. The molecule has 0 aliphatic carbocycles. The Balaban J connectivity index is 1.59. The van der Waals surface area contributed by atoms with E-state index in [0.29, 0.717) is 32.4 Å². The maximum atomic E-state index is 13.5. The third-order valence-electron chi connectivity index (χ3n) is 7.32. The van der Waals surface area contributed by atoms with Gasteiger partial charge in [-0.1, -0.05) is 42.5 Å². The summed E-state index contributed by atoms with van der Waals surface area (Å²) in [5.74, 6) is -1.28. The highest BCUT2D eigenvalue weighted by Gasteiger charge is 2.36. The fourth-order valence-corrected chi connectivity index (χ4v) is 5.35. The van der Waals surface area contributed by atoms with Crippen molar-refractivity contribution in [3.63, 3.8) is 0 Å². The topological polar surface area (TPSA) is 87.2 Å². The number of aliphatic hydroxyl groups excluding tert-OH is 1. The average Bonchev–Trinajstić information content (AvgIpc) is 3.56. The minimum atomic E-state index is -0.502. The maximum Gasteiger partial charge on any atom is 0.309 e. The van der Waals surface area contributed by atoms with Crippen LogP contribution in [-0.2, 0) is 25.5 Å². The predicted octanol–water partition coefficient (Wildman–Crippen LogP) is 3.52. The summed E-state index contributed by atoms with van der Waals surface area (Å²) in [6, 6.07) is 9.48. The number of likely N-dealkylation sites (tertiary alicyclic amines) is 2. The molecule has 0 unspecified atom stereocenters. The van der Waals surface area contributed by atoms with Crippen LogP contribution < -0.4 is 0 Å². The summed E-state index contributed by atoms with van der Waals surface area (Å²) < 4.78 is 5.72. The Hall–Kier alpha value is -2.93. The number of nitrogens with zero attached hydrogens (tertiary/aromatic N) is 2. The Kier molecular flexibility index (Phi) is 10.7. The van der Waals surface area contributed by atoms with Gasteiger partial charge in [0.25, 0.3) is 0 Å². The zero-order valence-electron chi connectivity index (χ0n) is 21.2. The third-order valence-corrected chi connectivity index (χ3v) is 7.32. The monoisotopic (exact) mass is 496 g/mol. The lowest BCUT2D eigenvalue weighted by atomic mass is 9.96. The first-order valence-electron chi connectivity index (χ1n) is 13.1. The van der Waals surface area contributed by atoms with Gasteiger partial charge in [-0.2, -0.15) is 0 Å². The van der Waals surface area contributed by atoms with Crippen molar-refractivity contribution in [3.8, 4) is 0 Å². The smallest absolute Gasteiger partial charge is 0.309 e. The first kappa shape index (κ1) is 27.7. The second-order valence-electron chi connectivity index (χ2n) is 9.86. The molecule has 7 heteroatoms. The lowest BCUT2D eigenvalue weighted by molar-refractivity contribution is -0.152. The molecule has 0 saturated carbocycles. The van der Waals surface area contributed by atoms with Crippen LogP contribution in [0.15, 0.2) is 55.6 Å². The molecule has 2 fully saturated rings. The highest BCUT2D eigenvalue weighted by Crippen LogP contribution is 2.26. The summed E-state index contributed by atoms with van der Waals surface area (Å²) in [6.45, 7) is 8.88. The van der Waals surface area contributed by atoms with E-state index < -0.39 is 5.92 Å². The molecule has 36 heavy (non-hydrogen) atoms. The molecule has 2 amide bonds. The molecule has 0 radical (unpaired) electrons. The number of aliphatic hydroxyl groups is 1. The van der Waals surface area contributed by atoms with E-state index in [9.17, 15) is 19.5 Å². The molecule has 4 atom stereocenters. The predicted molar refractivity (Wildman–Crippen MR) is 139 cm³/mol. The average molecular weight is 497 g/mol. The van der Waals surface area contributed by atoms with E-state index in [-0.39, 0.29) is 55.4 Å². The van der Waals surface area contributed by atoms with Crippen LogP contribution in [0.25, 0.3) is 0 Å². The highest BCUT2D eigenvalue weighted by atomic mass is 16.5. The largest absolute Gasteiger partial charge is 0.463 e. The molecule has 1 N–H and O–H groups in total. The van der Waals surface area contributed by atoms with Crippen LogP contribution in [0.1, 0.15) is 50.5 Å². The fraction of sp³-hybridized carbons (Fsp3) is 0.552. The molecular formula is C29H40N2O5. The van der Waals surface area contributed by atoms with Crippen LogP contribution in [0.3, 0.4) is 0 Å². The number of hydrogen-bond acceptors (Lipinski definition) is 5. The quantitative estimate of drug-likeness (QED) is 0.334. The van der Waals surface area contributed by atoms with Gasteiger partial charge in [-0.15, -0.1) is 13.2 Å². The number of carbonyl (C=O) groups excluding carboxylic acids is 3. The molecule has 0 bridgehead atoms. The molecular weight excluding hydrogens is 456 g/mol. The molecule has 2 aliphatic rings. The minimum absolute atomic E-state index is 0.0531. The molecule has 1 aromatic rings. The van der Waals surface area contributed by atoms with Crippen molar-refractivity contribution in [1.82, 2.24) is 9.80 Å². The number of hydrogen-bond donors (Lipinski definition) is 1. The minimum Gasteiger partial charge on any atom is -0.463 e. The van der Waals surface area contributed by atoms with Crippen LogP contribution in [0.2, 0.25) is 0 Å². The van der Waals surface area contributed by atoms with E-state index in [1.165, 1.54) is 0 Å². The van der Waals surface area contributed by atoms with Gasteiger partial charge < -0.3 is 19.6 Å². The third kappa shape index (κ3) is 7.29. The van der Waals surface area contributed by atoms with Gasteiger partial charge in [-0.25, -0.2) is 0 Å². The summed E-state index contributed by atoms with van der Waals surface area (Å²) in [4.78, 5) is 42.8. The van der Waals surface area contributed by atoms with Crippen molar-refractivity contribution < 1.29 is 24.2 Å². The molecule has 2 heterocycles. The molecule has 7 nitrogen and oxygen atoms in total. The second-order valence-corrected chi connectivity index (χ2v) is 9.86. The van der Waals surface area contributed by atoms with Gasteiger partial charge in [0.2, 0.25) is 11.8 Å². The van der Waals surface area contributed by atoms with Crippen molar-refractivity contribution >= 4 is 17.8 Å². The molecule has 2 aliphatic heterocycles. The summed E-state index contributed by atoms with van der Waals surface area (Å²) in [7, 11) is 0. The van der Waals surface area contributed by atoms with Gasteiger partial charge in [0.15, 0.2) is 0 Å². The van der Waals surface area contributed by atoms with Gasteiger partial charge in [0.1, 0.15) is 6.61 Å². The van der Waals surface area contributed by atoms with Crippen LogP contribution >= 0.6 is 0 Å². The summed E-state index contributed by atoms with van der Waals surface area (Å²) in [5, 5.41) is 9.57. The number of ether oxygens (including phenoxy) is 1. The van der Waals surface area contributed by atoms with Gasteiger partial charge in [0.05, 0.1) is 30.5 Å². The first-order valence-corrected chi connectivity index (χ1v) is 13.1. The normalized spacial score (nSPS) is 21.1. The number of rotatable bonds is 13. The Morgan fingerprint density at radius 2 is 1.61 bits per heavy atom. The fourth-order valence-electron chi connectivity index (χ4n) is 5.35. The summed E-state index contributed by atoms with van der Waals surface area (Å²) in [5.41, 5.74) is 1.07. The lowest BCUT2D eigenvalue weighted by Gasteiger charge is -2.30. The molecule has 3 rings (SSSR count). The van der Waals surface area contributed by atoms with E-state index in [1.807, 2.05) is 30.3 Å². The Labute approximate surface area is 214 Å². The van der Waals surface area contributed by atoms with E-state index in [1.54, 1.807) is 22.0 Å². The van der Waals surface area contributed by atoms with E-state index >= 15 is 0 Å². The lowest BCUT2D eigenvalue weighted by Crippen LogP contribution is -2.45. The number of benzene rings is 1. The zero-order chi connectivity index (χ0) is 25.9. The van der Waals surface area contributed by atoms with Crippen LogP contribution in [0.4, 0.5) is 0 Å².